The van der Waals surface area contributed by atoms with Crippen LogP contribution in [-0.4, -0.2) is 46.8 Å². The molecule has 0 saturated carbocycles. The maximum Gasteiger partial charge on any atom is 0.246 e. The standard InChI is InChI=1S/C13H23N3O3S/c1-13(2,3)12-11(9-15(4)14-12)20(18,19)16-7-5-10(17)6-8-16/h9-10,17H,5-8H2,1-4H3. The molecule has 0 amide bonds. The number of piperidine rings is 1. The topological polar surface area (TPSA) is 75.4 Å². The van der Waals surface area contributed by atoms with Gasteiger partial charge in [-0.15, -0.1) is 0 Å². The lowest BCUT2D eigenvalue weighted by atomic mass is 9.92. The van der Waals surface area contributed by atoms with Crippen LogP contribution in [-0.2, 0) is 22.5 Å². The highest BCUT2D eigenvalue weighted by Gasteiger charge is 2.35. The number of aromatic nitrogens is 2. The minimum atomic E-state index is -3.54. The second kappa shape index (κ2) is 5.13. The van der Waals surface area contributed by atoms with E-state index in [0.717, 1.165) is 0 Å². The molecular formula is C13H23N3O3S. The third-order valence-electron chi connectivity index (χ3n) is 3.55. The lowest BCUT2D eigenvalue weighted by molar-refractivity contribution is 0.113. The molecule has 0 aliphatic carbocycles. The molecule has 0 spiro atoms. The Kier molecular flexibility index (Phi) is 3.96. The van der Waals surface area contributed by atoms with Crippen molar-refractivity contribution in [2.45, 2.75) is 50.0 Å². The van der Waals surface area contributed by atoms with Gasteiger partial charge in [-0.3, -0.25) is 4.68 Å². The molecule has 0 aromatic carbocycles. The molecule has 6 nitrogen and oxygen atoms in total. The molecule has 1 fully saturated rings. The molecule has 1 saturated heterocycles. The fraction of sp³-hybridized carbons (Fsp3) is 0.769. The summed E-state index contributed by atoms with van der Waals surface area (Å²) in [5, 5.41) is 13.8. The Hall–Kier alpha value is -0.920. The van der Waals surface area contributed by atoms with Gasteiger partial charge in [-0.1, -0.05) is 20.8 Å². The quantitative estimate of drug-likeness (QED) is 0.879. The van der Waals surface area contributed by atoms with Crippen molar-refractivity contribution in [2.75, 3.05) is 13.1 Å². The Morgan fingerprint density at radius 2 is 1.85 bits per heavy atom. The van der Waals surface area contributed by atoms with Crippen molar-refractivity contribution in [2.24, 2.45) is 7.05 Å². The van der Waals surface area contributed by atoms with E-state index in [-0.39, 0.29) is 10.3 Å². The van der Waals surface area contributed by atoms with Gasteiger partial charge < -0.3 is 5.11 Å². The summed E-state index contributed by atoms with van der Waals surface area (Å²) < 4.78 is 28.5. The van der Waals surface area contributed by atoms with E-state index in [1.165, 1.54) is 4.31 Å². The van der Waals surface area contributed by atoms with Crippen molar-refractivity contribution in [1.29, 1.82) is 0 Å². The molecular weight excluding hydrogens is 278 g/mol. The highest BCUT2D eigenvalue weighted by atomic mass is 32.2. The van der Waals surface area contributed by atoms with Crippen LogP contribution in [0, 0.1) is 0 Å². The number of hydrogen-bond acceptors (Lipinski definition) is 4. The fourth-order valence-electron chi connectivity index (χ4n) is 2.40. The highest BCUT2D eigenvalue weighted by Crippen LogP contribution is 2.30. The number of aliphatic hydroxyl groups excluding tert-OH is 1. The molecule has 0 atom stereocenters. The van der Waals surface area contributed by atoms with Gasteiger partial charge in [-0.2, -0.15) is 9.40 Å². The molecule has 1 aromatic heterocycles. The lowest BCUT2D eigenvalue weighted by Crippen LogP contribution is -2.40. The van der Waals surface area contributed by atoms with Crippen molar-refractivity contribution in [3.63, 3.8) is 0 Å². The van der Waals surface area contributed by atoms with Crippen molar-refractivity contribution >= 4 is 10.0 Å². The van der Waals surface area contributed by atoms with Crippen LogP contribution in [0.25, 0.3) is 0 Å². The molecule has 1 aromatic rings. The first-order valence-electron chi connectivity index (χ1n) is 6.84. The van der Waals surface area contributed by atoms with Crippen LogP contribution in [0.1, 0.15) is 39.3 Å². The van der Waals surface area contributed by atoms with Gasteiger partial charge in [0.1, 0.15) is 4.90 Å². The summed E-state index contributed by atoms with van der Waals surface area (Å²) in [7, 11) is -1.81. The second-order valence-corrected chi connectivity index (χ2v) is 8.31. The summed E-state index contributed by atoms with van der Waals surface area (Å²) in [5.41, 5.74) is 0.255. The minimum Gasteiger partial charge on any atom is -0.393 e. The third-order valence-corrected chi connectivity index (χ3v) is 5.45. The summed E-state index contributed by atoms with van der Waals surface area (Å²) in [6.07, 6.45) is 2.16. The molecule has 0 unspecified atom stereocenters. The average Bonchev–Trinajstić information content (AvgIpc) is 2.72. The van der Waals surface area contributed by atoms with Crippen LogP contribution in [0.2, 0.25) is 0 Å². The maximum atomic E-state index is 12.8. The lowest BCUT2D eigenvalue weighted by Gasteiger charge is -2.29. The van der Waals surface area contributed by atoms with Gasteiger partial charge in [0.05, 0.1) is 11.8 Å². The zero-order chi connectivity index (χ0) is 15.1. The first-order chi connectivity index (χ1) is 9.12. The maximum absolute atomic E-state index is 12.8. The zero-order valence-corrected chi connectivity index (χ0v) is 13.3. The van der Waals surface area contributed by atoms with E-state index in [9.17, 15) is 13.5 Å². The van der Waals surface area contributed by atoms with Crippen LogP contribution >= 0.6 is 0 Å². The fourth-order valence-corrected chi connectivity index (χ4v) is 4.24. The third kappa shape index (κ3) is 2.89. The van der Waals surface area contributed by atoms with Gasteiger partial charge >= 0.3 is 0 Å². The van der Waals surface area contributed by atoms with E-state index in [4.69, 9.17) is 0 Å². The van der Waals surface area contributed by atoms with Gasteiger partial charge in [0.15, 0.2) is 0 Å². The van der Waals surface area contributed by atoms with Crippen LogP contribution in [0.5, 0.6) is 0 Å². The average molecular weight is 301 g/mol. The number of sulfonamides is 1. The summed E-state index contributed by atoms with van der Waals surface area (Å²) in [5.74, 6) is 0. The molecule has 20 heavy (non-hydrogen) atoms. The Morgan fingerprint density at radius 1 is 1.30 bits per heavy atom. The summed E-state index contributed by atoms with van der Waals surface area (Å²) in [6.45, 7) is 6.58. The summed E-state index contributed by atoms with van der Waals surface area (Å²) in [4.78, 5) is 0.281. The number of rotatable bonds is 2. The highest BCUT2D eigenvalue weighted by molar-refractivity contribution is 7.89. The number of hydrogen-bond donors (Lipinski definition) is 1. The number of aryl methyl sites for hydroxylation is 1. The van der Waals surface area contributed by atoms with Gasteiger partial charge in [0, 0.05) is 31.7 Å². The van der Waals surface area contributed by atoms with Crippen molar-refractivity contribution in [3.05, 3.63) is 11.9 Å². The van der Waals surface area contributed by atoms with Gasteiger partial charge in [0.25, 0.3) is 0 Å². The number of aliphatic hydroxyl groups is 1. The Morgan fingerprint density at radius 3 is 2.35 bits per heavy atom. The molecule has 1 aliphatic heterocycles. The predicted molar refractivity (Wildman–Crippen MR) is 75.9 cm³/mol. The normalized spacial score (nSPS) is 19.4. The van der Waals surface area contributed by atoms with Gasteiger partial charge in [-0.05, 0) is 12.8 Å². The van der Waals surface area contributed by atoms with E-state index in [2.05, 4.69) is 5.10 Å². The van der Waals surface area contributed by atoms with Gasteiger partial charge in [-0.25, -0.2) is 8.42 Å². The van der Waals surface area contributed by atoms with Crippen molar-refractivity contribution in [1.82, 2.24) is 14.1 Å². The first-order valence-corrected chi connectivity index (χ1v) is 8.28. The molecule has 0 radical (unpaired) electrons. The van der Waals surface area contributed by atoms with Gasteiger partial charge in [0.2, 0.25) is 10.0 Å². The Balaban J connectivity index is 2.40. The first kappa shape index (κ1) is 15.5. The summed E-state index contributed by atoms with van der Waals surface area (Å²) >= 11 is 0. The largest absolute Gasteiger partial charge is 0.393 e. The van der Waals surface area contributed by atoms with E-state index < -0.39 is 16.1 Å². The van der Waals surface area contributed by atoms with Crippen LogP contribution < -0.4 is 0 Å². The van der Waals surface area contributed by atoms with E-state index in [0.29, 0.717) is 31.6 Å². The predicted octanol–water partition coefficient (Wildman–Crippen LogP) is 0.863. The molecule has 0 bridgehead atoms. The SMILES string of the molecule is Cn1cc(S(=O)(=O)N2CCC(O)CC2)c(C(C)(C)C)n1. The van der Waals surface area contributed by atoms with Crippen LogP contribution in [0.15, 0.2) is 11.1 Å². The monoisotopic (exact) mass is 301 g/mol. The summed E-state index contributed by atoms with van der Waals surface area (Å²) in [6, 6.07) is 0. The molecule has 2 heterocycles. The smallest absolute Gasteiger partial charge is 0.246 e. The molecule has 1 aliphatic rings. The van der Waals surface area contributed by atoms with Crippen molar-refractivity contribution < 1.29 is 13.5 Å². The van der Waals surface area contributed by atoms with Crippen LogP contribution in [0.3, 0.4) is 0 Å². The Labute approximate surface area is 120 Å². The van der Waals surface area contributed by atoms with E-state index >= 15 is 0 Å². The van der Waals surface area contributed by atoms with E-state index in [1.54, 1.807) is 17.9 Å². The number of nitrogens with zero attached hydrogens (tertiary/aromatic N) is 3. The minimum absolute atomic E-state index is 0.281. The zero-order valence-electron chi connectivity index (χ0n) is 12.5. The van der Waals surface area contributed by atoms with E-state index in [1.807, 2.05) is 20.8 Å². The molecule has 2 rings (SSSR count). The molecule has 7 heteroatoms. The molecule has 114 valence electrons. The molecule has 1 N–H and O–H groups in total. The van der Waals surface area contributed by atoms with Crippen molar-refractivity contribution in [3.8, 4) is 0 Å². The Bertz CT molecular complexity index is 578. The van der Waals surface area contributed by atoms with Crippen LogP contribution in [0.4, 0.5) is 0 Å². The second-order valence-electron chi connectivity index (χ2n) is 6.40.